The minimum absolute atomic E-state index is 0.00474. The summed E-state index contributed by atoms with van der Waals surface area (Å²) < 4.78 is 10.7. The van der Waals surface area contributed by atoms with Crippen LogP contribution in [0.5, 0.6) is 0 Å². The van der Waals surface area contributed by atoms with Crippen LogP contribution in [-0.2, 0) is 11.3 Å². The first-order valence-corrected chi connectivity index (χ1v) is 8.92. The molecule has 0 atom stereocenters. The Labute approximate surface area is 156 Å². The SMILES string of the molecule is O=C(Nc1ccccc1)c1cc2cc(CN3CCOCC3)ccc2oc1=O. The predicted octanol–water partition coefficient (Wildman–Crippen LogP) is 2.88. The monoisotopic (exact) mass is 364 g/mol. The van der Waals surface area contributed by atoms with Crippen LogP contribution in [0.25, 0.3) is 11.0 Å². The maximum atomic E-state index is 12.5. The lowest BCUT2D eigenvalue weighted by Crippen LogP contribution is -2.35. The smallest absolute Gasteiger partial charge is 0.349 e. The molecular formula is C21H20N2O4. The normalized spacial score (nSPS) is 15.0. The van der Waals surface area contributed by atoms with Crippen molar-refractivity contribution in [1.29, 1.82) is 0 Å². The fourth-order valence-electron chi connectivity index (χ4n) is 3.17. The summed E-state index contributed by atoms with van der Waals surface area (Å²) >= 11 is 0. The molecule has 2 heterocycles. The lowest BCUT2D eigenvalue weighted by atomic mass is 10.1. The van der Waals surface area contributed by atoms with E-state index in [1.54, 1.807) is 24.3 Å². The average Bonchev–Trinajstić information content (AvgIpc) is 2.69. The van der Waals surface area contributed by atoms with Crippen molar-refractivity contribution in [2.75, 3.05) is 31.6 Å². The number of morpholine rings is 1. The van der Waals surface area contributed by atoms with E-state index in [0.29, 0.717) is 11.3 Å². The van der Waals surface area contributed by atoms with Crippen LogP contribution in [0.1, 0.15) is 15.9 Å². The van der Waals surface area contributed by atoms with Gasteiger partial charge < -0.3 is 14.5 Å². The van der Waals surface area contributed by atoms with Crippen LogP contribution in [0.2, 0.25) is 0 Å². The minimum atomic E-state index is -0.642. The molecule has 1 saturated heterocycles. The van der Waals surface area contributed by atoms with Crippen molar-refractivity contribution in [3.8, 4) is 0 Å². The third-order valence-corrected chi connectivity index (χ3v) is 4.58. The van der Waals surface area contributed by atoms with E-state index in [4.69, 9.17) is 9.15 Å². The number of hydrogen-bond donors (Lipinski definition) is 1. The minimum Gasteiger partial charge on any atom is -0.422 e. The van der Waals surface area contributed by atoms with Gasteiger partial charge in [-0.2, -0.15) is 0 Å². The van der Waals surface area contributed by atoms with Gasteiger partial charge in [0.15, 0.2) is 0 Å². The van der Waals surface area contributed by atoms with Crippen molar-refractivity contribution >= 4 is 22.6 Å². The molecule has 4 rings (SSSR count). The Kier molecular flexibility index (Phi) is 5.00. The van der Waals surface area contributed by atoms with Crippen LogP contribution >= 0.6 is 0 Å². The molecule has 1 aliphatic heterocycles. The molecule has 0 saturated carbocycles. The molecule has 3 aromatic rings. The van der Waals surface area contributed by atoms with E-state index in [1.807, 2.05) is 30.3 Å². The fourth-order valence-corrected chi connectivity index (χ4v) is 3.17. The summed E-state index contributed by atoms with van der Waals surface area (Å²) in [5, 5.41) is 3.46. The summed E-state index contributed by atoms with van der Waals surface area (Å²) in [4.78, 5) is 27.0. The highest BCUT2D eigenvalue weighted by Crippen LogP contribution is 2.18. The second-order valence-corrected chi connectivity index (χ2v) is 6.53. The maximum absolute atomic E-state index is 12.5. The molecule has 0 unspecified atom stereocenters. The van der Waals surface area contributed by atoms with Crippen molar-refractivity contribution < 1.29 is 13.9 Å². The lowest BCUT2D eigenvalue weighted by Gasteiger charge is -2.26. The van der Waals surface area contributed by atoms with Crippen molar-refractivity contribution in [3.63, 3.8) is 0 Å². The number of amides is 1. The Morgan fingerprint density at radius 2 is 1.81 bits per heavy atom. The quantitative estimate of drug-likeness (QED) is 0.721. The Morgan fingerprint density at radius 3 is 2.59 bits per heavy atom. The number of hydrogen-bond acceptors (Lipinski definition) is 5. The molecule has 138 valence electrons. The Balaban J connectivity index is 1.60. The Bertz CT molecular complexity index is 1010. The third-order valence-electron chi connectivity index (χ3n) is 4.58. The maximum Gasteiger partial charge on any atom is 0.349 e. The zero-order chi connectivity index (χ0) is 18.6. The topological polar surface area (TPSA) is 71.8 Å². The van der Waals surface area contributed by atoms with Crippen LogP contribution in [-0.4, -0.2) is 37.1 Å². The molecule has 1 N–H and O–H groups in total. The summed E-state index contributed by atoms with van der Waals surface area (Å²) in [5.41, 5.74) is 1.56. The summed E-state index contributed by atoms with van der Waals surface area (Å²) in [6.07, 6.45) is 0. The number of benzene rings is 2. The van der Waals surface area contributed by atoms with E-state index >= 15 is 0 Å². The molecule has 2 aromatic carbocycles. The summed E-state index contributed by atoms with van der Waals surface area (Å²) in [5.74, 6) is -0.476. The highest BCUT2D eigenvalue weighted by molar-refractivity contribution is 6.05. The Morgan fingerprint density at radius 1 is 1.04 bits per heavy atom. The van der Waals surface area contributed by atoms with E-state index in [2.05, 4.69) is 10.2 Å². The predicted molar refractivity (Wildman–Crippen MR) is 103 cm³/mol. The second kappa shape index (κ2) is 7.73. The van der Waals surface area contributed by atoms with Gasteiger partial charge in [0.25, 0.3) is 5.91 Å². The van der Waals surface area contributed by atoms with Crippen LogP contribution in [0.15, 0.2) is 63.8 Å². The summed E-state index contributed by atoms with van der Waals surface area (Å²) in [6.45, 7) is 4.07. The zero-order valence-corrected chi connectivity index (χ0v) is 14.8. The summed E-state index contributed by atoms with van der Waals surface area (Å²) in [6, 6.07) is 16.3. The van der Waals surface area contributed by atoms with Crippen molar-refractivity contribution in [2.24, 2.45) is 0 Å². The molecule has 27 heavy (non-hydrogen) atoms. The molecule has 0 spiro atoms. The number of ether oxygens (including phenoxy) is 1. The number of carbonyl (C=O) groups excluding carboxylic acids is 1. The molecule has 0 radical (unpaired) electrons. The van der Waals surface area contributed by atoms with E-state index in [1.165, 1.54) is 0 Å². The van der Waals surface area contributed by atoms with Gasteiger partial charge in [0, 0.05) is 30.7 Å². The number of anilines is 1. The van der Waals surface area contributed by atoms with Gasteiger partial charge in [-0.3, -0.25) is 9.69 Å². The molecule has 0 bridgehead atoms. The largest absolute Gasteiger partial charge is 0.422 e. The molecule has 1 amide bonds. The highest BCUT2D eigenvalue weighted by atomic mass is 16.5. The van der Waals surface area contributed by atoms with Crippen LogP contribution in [0, 0.1) is 0 Å². The van der Waals surface area contributed by atoms with E-state index < -0.39 is 11.5 Å². The molecule has 1 aliphatic rings. The van der Waals surface area contributed by atoms with Gasteiger partial charge in [0.1, 0.15) is 11.1 Å². The number of carbonyl (C=O) groups is 1. The van der Waals surface area contributed by atoms with Crippen LogP contribution in [0.3, 0.4) is 0 Å². The standard InChI is InChI=1S/C21H20N2O4/c24-20(22-17-4-2-1-3-5-17)18-13-16-12-15(6-7-19(16)27-21(18)25)14-23-8-10-26-11-9-23/h1-7,12-13H,8-11,14H2,(H,22,24). The fraction of sp³-hybridized carbons (Fsp3) is 0.238. The van der Waals surface area contributed by atoms with Crippen LogP contribution < -0.4 is 10.9 Å². The molecule has 6 heteroatoms. The molecule has 1 fully saturated rings. The van der Waals surface area contributed by atoms with Gasteiger partial charge in [-0.25, -0.2) is 4.79 Å². The van der Waals surface area contributed by atoms with E-state index in [0.717, 1.165) is 43.8 Å². The summed E-state index contributed by atoms with van der Waals surface area (Å²) in [7, 11) is 0. The first-order chi connectivity index (χ1) is 13.2. The van der Waals surface area contributed by atoms with Gasteiger partial charge >= 0.3 is 5.63 Å². The molecule has 1 aromatic heterocycles. The van der Waals surface area contributed by atoms with Gasteiger partial charge in [-0.15, -0.1) is 0 Å². The number of nitrogens with zero attached hydrogens (tertiary/aromatic N) is 1. The van der Waals surface area contributed by atoms with Crippen molar-refractivity contribution in [3.05, 3.63) is 76.1 Å². The van der Waals surface area contributed by atoms with Gasteiger partial charge in [0.05, 0.1) is 13.2 Å². The first kappa shape index (κ1) is 17.5. The Hall–Kier alpha value is -2.96. The molecular weight excluding hydrogens is 344 g/mol. The number of nitrogens with one attached hydrogen (secondary N) is 1. The third kappa shape index (κ3) is 4.07. The van der Waals surface area contributed by atoms with Crippen molar-refractivity contribution in [2.45, 2.75) is 6.54 Å². The lowest BCUT2D eigenvalue weighted by molar-refractivity contribution is 0.0342. The molecule has 0 aliphatic carbocycles. The number of rotatable bonds is 4. The number of para-hydroxylation sites is 1. The zero-order valence-electron chi connectivity index (χ0n) is 14.8. The van der Waals surface area contributed by atoms with E-state index in [9.17, 15) is 9.59 Å². The highest BCUT2D eigenvalue weighted by Gasteiger charge is 2.15. The van der Waals surface area contributed by atoms with Gasteiger partial charge in [-0.05, 0) is 35.9 Å². The second-order valence-electron chi connectivity index (χ2n) is 6.53. The number of fused-ring (bicyclic) bond motifs is 1. The first-order valence-electron chi connectivity index (χ1n) is 8.92. The van der Waals surface area contributed by atoms with Crippen molar-refractivity contribution in [1.82, 2.24) is 4.90 Å². The average molecular weight is 364 g/mol. The van der Waals surface area contributed by atoms with Crippen LogP contribution in [0.4, 0.5) is 5.69 Å². The van der Waals surface area contributed by atoms with E-state index in [-0.39, 0.29) is 5.56 Å². The van der Waals surface area contributed by atoms with Gasteiger partial charge in [-0.1, -0.05) is 24.3 Å². The molecule has 6 nitrogen and oxygen atoms in total. The van der Waals surface area contributed by atoms with Gasteiger partial charge in [0.2, 0.25) is 0 Å².